The van der Waals surface area contributed by atoms with E-state index < -0.39 is 0 Å². The fourth-order valence-corrected chi connectivity index (χ4v) is 1.79. The van der Waals surface area contributed by atoms with Gasteiger partial charge in [0, 0.05) is 14.1 Å². The van der Waals surface area contributed by atoms with Gasteiger partial charge in [-0.1, -0.05) is 0 Å². The van der Waals surface area contributed by atoms with Gasteiger partial charge in [0.05, 0.1) is 11.6 Å². The fraction of sp³-hybridized carbons (Fsp3) is 0.500. The molecule has 0 heterocycles. The van der Waals surface area contributed by atoms with E-state index in [1.165, 1.54) is 0 Å². The van der Waals surface area contributed by atoms with Gasteiger partial charge in [-0.2, -0.15) is 0 Å². The average Bonchev–Trinajstić information content (AvgIpc) is 2.01. The molecule has 0 aliphatic rings. The minimum absolute atomic E-state index is 0.820. The molecule has 0 radical (unpaired) electrons. The molecule has 0 aliphatic heterocycles. The molecule has 0 N–H and O–H groups in total. The summed E-state index contributed by atoms with van der Waals surface area (Å²) in [7, 11) is 5.53. The molecule has 2 nitrogen and oxygen atoms in total. The monoisotopic (exact) mass is 251 g/mol. The van der Waals surface area contributed by atoms with Gasteiger partial charge in [0.25, 0.3) is 0 Å². The first-order chi connectivity index (χ1) is 5.63. The molecule has 0 unspecified atom stereocenters. The third kappa shape index (κ3) is 4.07. The molecule has 4 heteroatoms. The number of allylic oxidation sites excluding steroid dienone is 2. The van der Waals surface area contributed by atoms with Crippen molar-refractivity contribution in [3.05, 3.63) is 21.8 Å². The number of halogens is 1. The van der Waals surface area contributed by atoms with Crippen LogP contribution in [0.3, 0.4) is 0 Å². The summed E-state index contributed by atoms with van der Waals surface area (Å²) in [5.41, 5.74) is 0. The summed E-state index contributed by atoms with van der Waals surface area (Å²) in [6.45, 7) is 0. The van der Waals surface area contributed by atoms with Gasteiger partial charge >= 0.3 is 0 Å². The number of hydrogen-bond donors (Lipinski definition) is 0. The summed E-state index contributed by atoms with van der Waals surface area (Å²) in [6, 6.07) is 0. The minimum atomic E-state index is 0.820. The second kappa shape index (κ2) is 6.43. The number of methoxy groups -OCH3 is 1. The number of nitrogens with zero attached hydrogens (tertiary/aromatic N) is 1. The normalized spacial score (nSPS) is 13.1. The zero-order valence-electron chi connectivity index (χ0n) is 7.80. The van der Waals surface area contributed by atoms with Crippen molar-refractivity contribution in [2.75, 3.05) is 27.5 Å². The zero-order chi connectivity index (χ0) is 9.56. The Bertz CT molecular complexity index is 189. The Morgan fingerprint density at radius 3 is 2.42 bits per heavy atom. The van der Waals surface area contributed by atoms with Crippen molar-refractivity contribution in [1.82, 2.24) is 4.90 Å². The smallest absolute Gasteiger partial charge is 0.203 e. The van der Waals surface area contributed by atoms with E-state index in [4.69, 9.17) is 4.74 Å². The van der Waals surface area contributed by atoms with Gasteiger partial charge in [-0.15, -0.1) is 11.8 Å². The standard InChI is InChI=1S/C8H14BrNOS/c1-10(2)8(11-3)7(9)5-6-12-4/h5-6H,1-4H3/b6-5+,8-7-. The summed E-state index contributed by atoms with van der Waals surface area (Å²) in [5, 5.41) is 1.99. The lowest BCUT2D eigenvalue weighted by Crippen LogP contribution is -2.13. The van der Waals surface area contributed by atoms with E-state index in [9.17, 15) is 0 Å². The van der Waals surface area contributed by atoms with Gasteiger partial charge in [0.2, 0.25) is 5.88 Å². The SMILES string of the molecule is CO/C(=C(Br)/C=C/SC)N(C)C. The van der Waals surface area contributed by atoms with E-state index in [1.807, 2.05) is 36.7 Å². The molecule has 0 fully saturated rings. The molecule has 0 amide bonds. The highest BCUT2D eigenvalue weighted by atomic mass is 79.9. The van der Waals surface area contributed by atoms with Gasteiger partial charge in [-0.3, -0.25) is 0 Å². The highest BCUT2D eigenvalue weighted by Crippen LogP contribution is 2.17. The third-order valence-corrected chi connectivity index (χ3v) is 2.17. The van der Waals surface area contributed by atoms with Crippen molar-refractivity contribution >= 4 is 27.7 Å². The predicted octanol–water partition coefficient (Wildman–Crippen LogP) is 2.64. The maximum Gasteiger partial charge on any atom is 0.203 e. The molecule has 0 aromatic heterocycles. The summed E-state index contributed by atoms with van der Waals surface area (Å²) in [5.74, 6) is 0.820. The van der Waals surface area contributed by atoms with Crippen molar-refractivity contribution in [3.8, 4) is 0 Å². The lowest BCUT2D eigenvalue weighted by Gasteiger charge is -2.16. The lowest BCUT2D eigenvalue weighted by molar-refractivity contribution is 0.193. The maximum absolute atomic E-state index is 5.17. The highest BCUT2D eigenvalue weighted by molar-refractivity contribution is 9.11. The van der Waals surface area contributed by atoms with Crippen molar-refractivity contribution in [3.63, 3.8) is 0 Å². The first-order valence-electron chi connectivity index (χ1n) is 3.44. The van der Waals surface area contributed by atoms with Crippen LogP contribution in [0.2, 0.25) is 0 Å². The van der Waals surface area contributed by atoms with E-state index in [1.54, 1.807) is 18.9 Å². The summed E-state index contributed by atoms with van der Waals surface area (Å²) < 4.78 is 6.12. The molecule has 70 valence electrons. The summed E-state index contributed by atoms with van der Waals surface area (Å²) in [6.07, 6.45) is 3.97. The second-order valence-corrected chi connectivity index (χ2v) is 3.89. The second-order valence-electron chi connectivity index (χ2n) is 2.29. The number of rotatable bonds is 4. The van der Waals surface area contributed by atoms with Gasteiger partial charge in [0.15, 0.2) is 0 Å². The van der Waals surface area contributed by atoms with Crippen LogP contribution in [0.25, 0.3) is 0 Å². The molecule has 0 aromatic rings. The highest BCUT2D eigenvalue weighted by Gasteiger charge is 2.02. The van der Waals surface area contributed by atoms with Crippen LogP contribution in [0.4, 0.5) is 0 Å². The molecule has 0 aromatic carbocycles. The third-order valence-electron chi connectivity index (χ3n) is 1.15. The van der Waals surface area contributed by atoms with Crippen LogP contribution in [0.1, 0.15) is 0 Å². The van der Waals surface area contributed by atoms with Crippen molar-refractivity contribution in [2.45, 2.75) is 0 Å². The molecule has 0 rings (SSSR count). The first-order valence-corrected chi connectivity index (χ1v) is 5.52. The Morgan fingerprint density at radius 2 is 2.08 bits per heavy atom. The Balaban J connectivity index is 4.48. The van der Waals surface area contributed by atoms with Crippen LogP contribution < -0.4 is 0 Å². The van der Waals surface area contributed by atoms with Crippen LogP contribution in [-0.4, -0.2) is 32.4 Å². The quantitative estimate of drug-likeness (QED) is 0.563. The van der Waals surface area contributed by atoms with E-state index in [0.717, 1.165) is 10.4 Å². The largest absolute Gasteiger partial charge is 0.482 e. The summed E-state index contributed by atoms with van der Waals surface area (Å²) >= 11 is 5.07. The molecular weight excluding hydrogens is 238 g/mol. The van der Waals surface area contributed by atoms with Gasteiger partial charge in [-0.05, 0) is 33.7 Å². The molecule has 0 bridgehead atoms. The molecular formula is C8H14BrNOS. The van der Waals surface area contributed by atoms with Crippen LogP contribution in [0.5, 0.6) is 0 Å². The fourth-order valence-electron chi connectivity index (χ4n) is 0.693. The van der Waals surface area contributed by atoms with Crippen molar-refractivity contribution < 1.29 is 4.74 Å². The molecule has 0 spiro atoms. The number of thioether (sulfide) groups is 1. The Kier molecular flexibility index (Phi) is 6.38. The van der Waals surface area contributed by atoms with E-state index in [0.29, 0.717) is 0 Å². The number of ether oxygens (including phenoxy) is 1. The van der Waals surface area contributed by atoms with Gasteiger partial charge in [0.1, 0.15) is 0 Å². The summed E-state index contributed by atoms with van der Waals surface area (Å²) in [4.78, 5) is 1.91. The molecule has 0 saturated carbocycles. The van der Waals surface area contributed by atoms with Crippen LogP contribution in [0.15, 0.2) is 21.8 Å². The maximum atomic E-state index is 5.17. The minimum Gasteiger partial charge on any atom is -0.482 e. The first kappa shape index (κ1) is 11.9. The molecule has 12 heavy (non-hydrogen) atoms. The Morgan fingerprint density at radius 1 is 1.50 bits per heavy atom. The molecule has 0 aliphatic carbocycles. The molecule has 0 saturated heterocycles. The van der Waals surface area contributed by atoms with E-state index >= 15 is 0 Å². The Hall–Kier alpha value is -0.0900. The van der Waals surface area contributed by atoms with Crippen LogP contribution in [0, 0.1) is 0 Å². The number of hydrogen-bond acceptors (Lipinski definition) is 3. The van der Waals surface area contributed by atoms with E-state index in [-0.39, 0.29) is 0 Å². The topological polar surface area (TPSA) is 12.5 Å². The predicted molar refractivity (Wildman–Crippen MR) is 59.3 cm³/mol. The van der Waals surface area contributed by atoms with Gasteiger partial charge < -0.3 is 9.64 Å². The van der Waals surface area contributed by atoms with E-state index in [2.05, 4.69) is 15.9 Å². The molecule has 0 atom stereocenters. The zero-order valence-corrected chi connectivity index (χ0v) is 10.2. The van der Waals surface area contributed by atoms with Gasteiger partial charge in [-0.25, -0.2) is 0 Å². The van der Waals surface area contributed by atoms with Crippen molar-refractivity contribution in [1.29, 1.82) is 0 Å². The average molecular weight is 252 g/mol. The van der Waals surface area contributed by atoms with Crippen molar-refractivity contribution in [2.24, 2.45) is 0 Å². The lowest BCUT2D eigenvalue weighted by atomic mass is 10.5. The van der Waals surface area contributed by atoms with Crippen LogP contribution in [-0.2, 0) is 4.74 Å². The van der Waals surface area contributed by atoms with Crippen LogP contribution >= 0.6 is 27.7 Å². The Labute approximate surface area is 86.8 Å².